The Hall–Kier alpha value is -2.03. The number of phenolic OH excluding ortho intramolecular Hbond substituents is 1. The van der Waals surface area contributed by atoms with Crippen LogP contribution in [-0.4, -0.2) is 11.7 Å². The van der Waals surface area contributed by atoms with Gasteiger partial charge in [-0.25, -0.2) is 4.39 Å². The number of aromatic hydroxyl groups is 1. The number of benzene rings is 2. The lowest BCUT2D eigenvalue weighted by Gasteiger charge is -2.06. The summed E-state index contributed by atoms with van der Waals surface area (Å²) in [5.74, 6) is 0.639. The van der Waals surface area contributed by atoms with Crippen LogP contribution in [0.2, 0.25) is 0 Å². The van der Waals surface area contributed by atoms with Gasteiger partial charge < -0.3 is 9.84 Å². The van der Waals surface area contributed by atoms with E-state index in [1.54, 1.807) is 36.4 Å². The molecule has 0 radical (unpaired) electrons. The van der Waals surface area contributed by atoms with Gasteiger partial charge in [-0.3, -0.25) is 0 Å². The largest absolute Gasteiger partial charge is 0.508 e. The van der Waals surface area contributed by atoms with Crippen molar-refractivity contribution in [3.05, 3.63) is 59.9 Å². The maximum absolute atomic E-state index is 13.3. The van der Waals surface area contributed by atoms with Crippen LogP contribution in [0.4, 0.5) is 4.39 Å². The lowest BCUT2D eigenvalue weighted by atomic mass is 10.1. The zero-order valence-electron chi connectivity index (χ0n) is 9.97. The predicted octanol–water partition coefficient (Wildman–Crippen LogP) is 3.54. The second kappa shape index (κ2) is 6.05. The molecule has 0 unspecified atom stereocenters. The van der Waals surface area contributed by atoms with E-state index < -0.39 is 0 Å². The van der Waals surface area contributed by atoms with Gasteiger partial charge in [-0.05, 0) is 36.6 Å². The molecule has 0 saturated heterocycles. The lowest BCUT2D eigenvalue weighted by molar-refractivity contribution is 0.308. The monoisotopic (exact) mass is 246 g/mol. The molecule has 0 spiro atoms. The van der Waals surface area contributed by atoms with Crippen molar-refractivity contribution in [3.63, 3.8) is 0 Å². The number of rotatable bonds is 5. The highest BCUT2D eigenvalue weighted by Crippen LogP contribution is 2.18. The van der Waals surface area contributed by atoms with Crippen LogP contribution >= 0.6 is 0 Å². The molecule has 94 valence electrons. The molecule has 2 aromatic rings. The van der Waals surface area contributed by atoms with Crippen LogP contribution < -0.4 is 4.74 Å². The molecule has 2 rings (SSSR count). The van der Waals surface area contributed by atoms with Gasteiger partial charge in [0.25, 0.3) is 0 Å². The van der Waals surface area contributed by atoms with Crippen LogP contribution in [0.5, 0.6) is 11.5 Å². The van der Waals surface area contributed by atoms with Crippen LogP contribution in [-0.2, 0) is 6.42 Å². The molecule has 2 aromatic carbocycles. The van der Waals surface area contributed by atoms with E-state index in [2.05, 4.69) is 0 Å². The molecule has 0 amide bonds. The summed E-state index contributed by atoms with van der Waals surface area (Å²) >= 11 is 0. The quantitative estimate of drug-likeness (QED) is 0.817. The van der Waals surface area contributed by atoms with Crippen LogP contribution in [0, 0.1) is 5.82 Å². The van der Waals surface area contributed by atoms with Gasteiger partial charge in [0.2, 0.25) is 0 Å². The molecule has 18 heavy (non-hydrogen) atoms. The summed E-state index contributed by atoms with van der Waals surface area (Å²) in [7, 11) is 0. The molecule has 3 heteroatoms. The normalized spacial score (nSPS) is 10.3. The number of hydrogen-bond acceptors (Lipinski definition) is 2. The summed E-state index contributed by atoms with van der Waals surface area (Å²) in [6.07, 6.45) is 1.38. The highest BCUT2D eigenvalue weighted by Gasteiger charge is 2.00. The highest BCUT2D eigenvalue weighted by molar-refractivity contribution is 5.31. The van der Waals surface area contributed by atoms with E-state index in [0.29, 0.717) is 24.3 Å². The van der Waals surface area contributed by atoms with Crippen LogP contribution in [0.1, 0.15) is 12.0 Å². The Morgan fingerprint density at radius 1 is 1.06 bits per heavy atom. The van der Waals surface area contributed by atoms with Crippen molar-refractivity contribution in [1.82, 2.24) is 0 Å². The molecule has 0 saturated carbocycles. The molecule has 0 aliphatic carbocycles. The first-order valence-electron chi connectivity index (χ1n) is 5.91. The fourth-order valence-corrected chi connectivity index (χ4v) is 1.73. The summed E-state index contributed by atoms with van der Waals surface area (Å²) in [5, 5.41) is 9.25. The lowest BCUT2D eigenvalue weighted by Crippen LogP contribution is -2.00. The minimum absolute atomic E-state index is 0.171. The molecule has 0 aliphatic heterocycles. The molecule has 0 aliphatic rings. The summed E-state index contributed by atoms with van der Waals surface area (Å²) in [6.45, 7) is 0.498. The Kier molecular flexibility index (Phi) is 4.18. The number of aryl methyl sites for hydroxylation is 1. The molecule has 2 nitrogen and oxygen atoms in total. The van der Waals surface area contributed by atoms with Gasteiger partial charge in [0.15, 0.2) is 0 Å². The van der Waals surface area contributed by atoms with E-state index in [1.807, 2.05) is 6.07 Å². The van der Waals surface area contributed by atoms with Crippen molar-refractivity contribution in [2.75, 3.05) is 6.61 Å². The summed E-state index contributed by atoms with van der Waals surface area (Å²) in [5.41, 5.74) is 0.706. The Bertz CT molecular complexity index is 511. The second-order valence-electron chi connectivity index (χ2n) is 4.04. The number of hydrogen-bond donors (Lipinski definition) is 1. The average Bonchev–Trinajstić information content (AvgIpc) is 2.37. The summed E-state index contributed by atoms with van der Waals surface area (Å²) in [6, 6.07) is 13.4. The van der Waals surface area contributed by atoms with Crippen molar-refractivity contribution in [2.45, 2.75) is 12.8 Å². The zero-order chi connectivity index (χ0) is 12.8. The zero-order valence-corrected chi connectivity index (χ0v) is 9.97. The van der Waals surface area contributed by atoms with Crippen molar-refractivity contribution < 1.29 is 14.2 Å². The third-order valence-electron chi connectivity index (χ3n) is 2.63. The van der Waals surface area contributed by atoms with Crippen molar-refractivity contribution in [3.8, 4) is 11.5 Å². The maximum Gasteiger partial charge on any atom is 0.126 e. The predicted molar refractivity (Wildman–Crippen MR) is 68.3 cm³/mol. The summed E-state index contributed by atoms with van der Waals surface area (Å²) < 4.78 is 18.8. The first-order valence-corrected chi connectivity index (χ1v) is 5.91. The molecule has 0 heterocycles. The standard InChI is InChI=1S/C15H15FO2/c16-15-9-2-1-5-12(15)6-4-10-18-14-8-3-7-13(17)11-14/h1-3,5,7-9,11,17H,4,6,10H2. The fourth-order valence-electron chi connectivity index (χ4n) is 1.73. The van der Waals surface area contributed by atoms with Gasteiger partial charge in [0.1, 0.15) is 17.3 Å². The van der Waals surface area contributed by atoms with Crippen LogP contribution in [0.3, 0.4) is 0 Å². The van der Waals surface area contributed by atoms with Gasteiger partial charge >= 0.3 is 0 Å². The molecule has 1 N–H and O–H groups in total. The molecular formula is C15H15FO2. The first-order chi connectivity index (χ1) is 8.75. The molecule has 0 bridgehead atoms. The van der Waals surface area contributed by atoms with Crippen molar-refractivity contribution >= 4 is 0 Å². The fraction of sp³-hybridized carbons (Fsp3) is 0.200. The SMILES string of the molecule is Oc1cccc(OCCCc2ccccc2F)c1. The number of halogens is 1. The topological polar surface area (TPSA) is 29.5 Å². The molecular weight excluding hydrogens is 231 g/mol. The van der Waals surface area contributed by atoms with E-state index in [4.69, 9.17) is 4.74 Å². The van der Waals surface area contributed by atoms with Crippen molar-refractivity contribution in [1.29, 1.82) is 0 Å². The number of phenols is 1. The number of ether oxygens (including phenoxy) is 1. The Morgan fingerprint density at radius 2 is 1.89 bits per heavy atom. The van der Waals surface area contributed by atoms with Crippen LogP contribution in [0.25, 0.3) is 0 Å². The van der Waals surface area contributed by atoms with Gasteiger partial charge in [-0.2, -0.15) is 0 Å². The molecule has 0 fully saturated rings. The minimum atomic E-state index is -0.171. The second-order valence-corrected chi connectivity index (χ2v) is 4.04. The van der Waals surface area contributed by atoms with Crippen molar-refractivity contribution in [2.24, 2.45) is 0 Å². The van der Waals surface area contributed by atoms with Gasteiger partial charge in [0.05, 0.1) is 6.61 Å². The van der Waals surface area contributed by atoms with Crippen LogP contribution in [0.15, 0.2) is 48.5 Å². The first kappa shape index (κ1) is 12.4. The molecule has 0 atom stereocenters. The van der Waals surface area contributed by atoms with Gasteiger partial charge in [-0.1, -0.05) is 24.3 Å². The van der Waals surface area contributed by atoms with E-state index in [0.717, 1.165) is 6.42 Å². The highest BCUT2D eigenvalue weighted by atomic mass is 19.1. The van der Waals surface area contributed by atoms with E-state index >= 15 is 0 Å². The van der Waals surface area contributed by atoms with Gasteiger partial charge in [0, 0.05) is 6.07 Å². The average molecular weight is 246 g/mol. The van der Waals surface area contributed by atoms with E-state index in [1.165, 1.54) is 6.07 Å². The maximum atomic E-state index is 13.3. The van der Waals surface area contributed by atoms with E-state index in [-0.39, 0.29) is 11.6 Å². The Balaban J connectivity index is 1.78. The third kappa shape index (κ3) is 3.48. The third-order valence-corrected chi connectivity index (χ3v) is 2.63. The Morgan fingerprint density at radius 3 is 2.67 bits per heavy atom. The smallest absolute Gasteiger partial charge is 0.126 e. The van der Waals surface area contributed by atoms with Gasteiger partial charge in [-0.15, -0.1) is 0 Å². The molecule has 0 aromatic heterocycles. The Labute approximate surface area is 106 Å². The van der Waals surface area contributed by atoms with E-state index in [9.17, 15) is 9.50 Å². The summed E-state index contributed by atoms with van der Waals surface area (Å²) in [4.78, 5) is 0. The minimum Gasteiger partial charge on any atom is -0.508 e.